The lowest BCUT2D eigenvalue weighted by Crippen LogP contribution is -2.49. The summed E-state index contributed by atoms with van der Waals surface area (Å²) in [7, 11) is 0. The van der Waals surface area contributed by atoms with Crippen LogP contribution in [0, 0.1) is 0 Å². The molecular formula is C23H20F3N3O. The van der Waals surface area contributed by atoms with Crippen molar-refractivity contribution in [1.29, 1.82) is 0 Å². The number of carbonyl (C=O) groups excluding carboxylic acids is 1. The lowest BCUT2D eigenvalue weighted by atomic mass is 9.99. The second-order valence-electron chi connectivity index (χ2n) is 7.79. The van der Waals surface area contributed by atoms with E-state index >= 15 is 0 Å². The summed E-state index contributed by atoms with van der Waals surface area (Å²) in [5, 5.41) is 2.23. The average Bonchev–Trinajstić information content (AvgIpc) is 3.18. The van der Waals surface area contributed by atoms with E-state index in [9.17, 15) is 18.0 Å². The van der Waals surface area contributed by atoms with Crippen molar-refractivity contribution in [3.63, 3.8) is 0 Å². The van der Waals surface area contributed by atoms with Gasteiger partial charge >= 0.3 is 6.18 Å². The molecule has 2 heterocycles. The summed E-state index contributed by atoms with van der Waals surface area (Å²) in [6, 6.07) is 12.6. The van der Waals surface area contributed by atoms with Crippen molar-refractivity contribution >= 4 is 22.5 Å². The Morgan fingerprint density at radius 3 is 2.30 bits per heavy atom. The third kappa shape index (κ3) is 3.18. The lowest BCUT2D eigenvalue weighted by Gasteiger charge is -2.35. The van der Waals surface area contributed by atoms with Crippen molar-refractivity contribution in [2.24, 2.45) is 0 Å². The highest BCUT2D eigenvalue weighted by atomic mass is 19.4. The number of aromatic nitrogens is 1. The first kappa shape index (κ1) is 18.9. The number of amides is 1. The molecule has 0 unspecified atom stereocenters. The van der Waals surface area contributed by atoms with Crippen molar-refractivity contribution in [2.45, 2.75) is 19.0 Å². The summed E-state index contributed by atoms with van der Waals surface area (Å²) < 4.78 is 38.2. The summed E-state index contributed by atoms with van der Waals surface area (Å²) in [5.41, 5.74) is 2.57. The molecule has 1 aliphatic heterocycles. The molecule has 4 nitrogen and oxygen atoms in total. The highest BCUT2D eigenvalue weighted by molar-refractivity contribution is 6.09. The number of rotatable bonds is 2. The molecule has 0 N–H and O–H groups in total. The van der Waals surface area contributed by atoms with Crippen molar-refractivity contribution in [1.82, 2.24) is 9.88 Å². The Labute approximate surface area is 171 Å². The molecule has 3 aromatic rings. The van der Waals surface area contributed by atoms with Gasteiger partial charge in [0, 0.05) is 37.9 Å². The van der Waals surface area contributed by atoms with Crippen LogP contribution < -0.4 is 4.90 Å². The smallest absolute Gasteiger partial charge is 0.353 e. The van der Waals surface area contributed by atoms with Crippen molar-refractivity contribution in [2.75, 3.05) is 31.1 Å². The Kier molecular flexibility index (Phi) is 4.41. The van der Waals surface area contributed by atoms with Crippen molar-refractivity contribution < 1.29 is 18.0 Å². The quantitative estimate of drug-likeness (QED) is 0.630. The number of alkyl halides is 3. The van der Waals surface area contributed by atoms with E-state index in [1.807, 2.05) is 28.0 Å². The number of carbonyl (C=O) groups is 1. The second kappa shape index (κ2) is 7.00. The van der Waals surface area contributed by atoms with Crippen LogP contribution in [-0.2, 0) is 19.0 Å². The summed E-state index contributed by atoms with van der Waals surface area (Å²) in [4.78, 5) is 20.9. The average molecular weight is 411 g/mol. The Balaban J connectivity index is 1.32. The van der Waals surface area contributed by atoms with E-state index in [2.05, 4.69) is 17.1 Å². The molecule has 1 amide bonds. The minimum absolute atomic E-state index is 0.00521. The molecule has 2 aromatic carbocycles. The minimum Gasteiger partial charge on any atom is -0.353 e. The number of piperazine rings is 1. The predicted molar refractivity (Wildman–Crippen MR) is 109 cm³/mol. The number of halogens is 3. The highest BCUT2D eigenvalue weighted by Gasteiger charge is 2.31. The SMILES string of the molecule is O=C(c1ccc2c3c(cccc13)CC2)N1CCN(c2ccc(C(F)(F)F)cn2)CC1. The molecule has 1 aliphatic carbocycles. The van der Waals surface area contributed by atoms with E-state index in [0.717, 1.165) is 36.1 Å². The summed E-state index contributed by atoms with van der Waals surface area (Å²) >= 11 is 0. The topological polar surface area (TPSA) is 36.4 Å². The van der Waals surface area contributed by atoms with Crippen LogP contribution in [0.2, 0.25) is 0 Å². The summed E-state index contributed by atoms with van der Waals surface area (Å²) in [5.74, 6) is 0.506. The fourth-order valence-electron chi connectivity index (χ4n) is 4.48. The molecule has 0 saturated carbocycles. The van der Waals surface area contributed by atoms with Crippen LogP contribution in [-0.4, -0.2) is 42.0 Å². The Bertz CT molecular complexity index is 1110. The zero-order chi connectivity index (χ0) is 20.9. The van der Waals surface area contributed by atoms with Crippen molar-refractivity contribution in [3.05, 3.63) is 70.9 Å². The predicted octanol–water partition coefficient (Wildman–Crippen LogP) is 4.31. The van der Waals surface area contributed by atoms with Gasteiger partial charge in [-0.05, 0) is 52.9 Å². The molecule has 2 aliphatic rings. The molecule has 154 valence electrons. The number of benzene rings is 2. The van der Waals surface area contributed by atoms with E-state index < -0.39 is 11.7 Å². The maximum Gasteiger partial charge on any atom is 0.417 e. The van der Waals surface area contributed by atoms with Gasteiger partial charge in [0.05, 0.1) is 5.56 Å². The van der Waals surface area contributed by atoms with Crippen LogP contribution in [0.15, 0.2) is 48.7 Å². The lowest BCUT2D eigenvalue weighted by molar-refractivity contribution is -0.137. The maximum atomic E-state index is 13.2. The van der Waals surface area contributed by atoms with Gasteiger partial charge in [0.2, 0.25) is 0 Å². The number of hydrogen-bond donors (Lipinski definition) is 0. The van der Waals surface area contributed by atoms with Gasteiger partial charge in [-0.25, -0.2) is 4.98 Å². The number of hydrogen-bond acceptors (Lipinski definition) is 3. The first-order valence-electron chi connectivity index (χ1n) is 10.0. The van der Waals surface area contributed by atoms with Gasteiger partial charge in [-0.2, -0.15) is 13.2 Å². The number of anilines is 1. The fourth-order valence-corrected chi connectivity index (χ4v) is 4.48. The molecule has 0 spiro atoms. The van der Waals surface area contributed by atoms with E-state index in [0.29, 0.717) is 32.0 Å². The maximum absolute atomic E-state index is 13.2. The number of pyridine rings is 1. The molecule has 30 heavy (non-hydrogen) atoms. The van der Waals surface area contributed by atoms with Gasteiger partial charge in [0.15, 0.2) is 0 Å². The van der Waals surface area contributed by atoms with Crippen LogP contribution >= 0.6 is 0 Å². The third-order valence-corrected chi connectivity index (χ3v) is 6.07. The van der Waals surface area contributed by atoms with Crippen LogP contribution in [0.4, 0.5) is 19.0 Å². The van der Waals surface area contributed by atoms with Crippen molar-refractivity contribution in [3.8, 4) is 0 Å². The molecule has 1 saturated heterocycles. The zero-order valence-corrected chi connectivity index (χ0v) is 16.2. The molecule has 1 aromatic heterocycles. The van der Waals surface area contributed by atoms with Gasteiger partial charge < -0.3 is 9.80 Å². The molecule has 5 rings (SSSR count). The summed E-state index contributed by atoms with van der Waals surface area (Å²) in [6.07, 6.45) is -1.50. The van der Waals surface area contributed by atoms with Gasteiger partial charge in [0.25, 0.3) is 5.91 Å². The second-order valence-corrected chi connectivity index (χ2v) is 7.79. The Morgan fingerprint density at radius 1 is 0.900 bits per heavy atom. The van der Waals surface area contributed by atoms with Crippen LogP contribution in [0.25, 0.3) is 10.8 Å². The third-order valence-electron chi connectivity index (χ3n) is 6.07. The number of aryl methyl sites for hydroxylation is 2. The molecule has 1 fully saturated rings. The largest absolute Gasteiger partial charge is 0.417 e. The Hall–Kier alpha value is -3.09. The van der Waals surface area contributed by atoms with Crippen LogP contribution in [0.5, 0.6) is 0 Å². The van der Waals surface area contributed by atoms with Gasteiger partial charge in [0.1, 0.15) is 5.82 Å². The van der Waals surface area contributed by atoms with Gasteiger partial charge in [-0.15, -0.1) is 0 Å². The van der Waals surface area contributed by atoms with Crippen LogP contribution in [0.3, 0.4) is 0 Å². The monoisotopic (exact) mass is 411 g/mol. The molecule has 7 heteroatoms. The first-order valence-corrected chi connectivity index (χ1v) is 10.0. The number of nitrogens with zero attached hydrogens (tertiary/aromatic N) is 3. The van der Waals surface area contributed by atoms with E-state index in [-0.39, 0.29) is 5.91 Å². The Morgan fingerprint density at radius 2 is 1.63 bits per heavy atom. The molecule has 0 bridgehead atoms. The standard InChI is InChI=1S/C23H20F3N3O/c24-23(25,26)17-7-9-20(27-14-17)28-10-12-29(13-11-28)22(30)19-8-6-16-5-4-15-2-1-3-18(19)21(15)16/h1-3,6-9,14H,4-5,10-13H2. The van der Waals surface area contributed by atoms with Gasteiger partial charge in [-0.1, -0.05) is 24.3 Å². The highest BCUT2D eigenvalue weighted by Crippen LogP contribution is 2.33. The molecular weight excluding hydrogens is 391 g/mol. The van der Waals surface area contributed by atoms with E-state index in [1.165, 1.54) is 22.6 Å². The fraction of sp³-hybridized carbons (Fsp3) is 0.304. The first-order chi connectivity index (χ1) is 14.4. The van der Waals surface area contributed by atoms with Crippen LogP contribution in [0.1, 0.15) is 27.0 Å². The minimum atomic E-state index is -4.39. The van der Waals surface area contributed by atoms with Gasteiger partial charge in [-0.3, -0.25) is 4.79 Å². The van der Waals surface area contributed by atoms with E-state index in [1.54, 1.807) is 0 Å². The normalized spacial score (nSPS) is 16.4. The zero-order valence-electron chi connectivity index (χ0n) is 16.2. The summed E-state index contributed by atoms with van der Waals surface area (Å²) in [6.45, 7) is 2.08. The molecule has 0 atom stereocenters. The molecule has 0 radical (unpaired) electrons. The van der Waals surface area contributed by atoms with E-state index in [4.69, 9.17) is 0 Å².